The van der Waals surface area contributed by atoms with Crippen LogP contribution in [0.25, 0.3) is 0 Å². The third-order valence-corrected chi connectivity index (χ3v) is 8.00. The largest absolute Gasteiger partial charge is 0.369 e. The van der Waals surface area contributed by atoms with Crippen molar-refractivity contribution in [2.75, 3.05) is 36.4 Å². The van der Waals surface area contributed by atoms with Gasteiger partial charge >= 0.3 is 0 Å². The van der Waals surface area contributed by atoms with Gasteiger partial charge in [0.2, 0.25) is 10.0 Å². The van der Waals surface area contributed by atoms with E-state index in [4.69, 9.17) is 11.6 Å². The molecule has 1 amide bonds. The minimum atomic E-state index is -3.64. The van der Waals surface area contributed by atoms with Gasteiger partial charge in [0.25, 0.3) is 5.91 Å². The molecule has 1 heterocycles. The molecule has 0 aliphatic carbocycles. The average Bonchev–Trinajstić information content (AvgIpc) is 2.82. The number of hydrogen-bond donors (Lipinski definition) is 1. The van der Waals surface area contributed by atoms with Crippen LogP contribution < -0.4 is 10.2 Å². The van der Waals surface area contributed by atoms with Gasteiger partial charge < -0.3 is 10.2 Å². The topological polar surface area (TPSA) is 69.7 Å². The molecular formula is C25H26ClN3O3S. The van der Waals surface area contributed by atoms with Gasteiger partial charge in [-0.1, -0.05) is 35.9 Å². The molecule has 0 saturated carbocycles. The highest BCUT2D eigenvalue weighted by atomic mass is 35.5. The van der Waals surface area contributed by atoms with E-state index >= 15 is 0 Å². The summed E-state index contributed by atoms with van der Waals surface area (Å²) in [6.45, 7) is 5.77. The van der Waals surface area contributed by atoms with Crippen molar-refractivity contribution in [3.8, 4) is 0 Å². The van der Waals surface area contributed by atoms with E-state index < -0.39 is 10.0 Å². The highest BCUT2D eigenvalue weighted by Gasteiger charge is 2.29. The summed E-state index contributed by atoms with van der Waals surface area (Å²) in [4.78, 5) is 14.8. The normalized spacial score (nSPS) is 14.8. The monoisotopic (exact) mass is 483 g/mol. The molecule has 0 aromatic heterocycles. The second kappa shape index (κ2) is 9.55. The van der Waals surface area contributed by atoms with Gasteiger partial charge in [-0.05, 0) is 67.4 Å². The van der Waals surface area contributed by atoms with E-state index in [1.807, 2.05) is 31.2 Å². The highest BCUT2D eigenvalue weighted by molar-refractivity contribution is 7.89. The number of nitrogens with one attached hydrogen (secondary N) is 1. The Balaban J connectivity index is 1.46. The second-order valence-electron chi connectivity index (χ2n) is 8.12. The lowest BCUT2D eigenvalue weighted by molar-refractivity contribution is 0.102. The highest BCUT2D eigenvalue weighted by Crippen LogP contribution is 2.28. The smallest absolute Gasteiger partial charge is 0.255 e. The summed E-state index contributed by atoms with van der Waals surface area (Å²) >= 11 is 6.15. The number of anilines is 2. The van der Waals surface area contributed by atoms with E-state index in [1.165, 1.54) is 4.31 Å². The van der Waals surface area contributed by atoms with E-state index in [0.29, 0.717) is 48.0 Å². The number of nitrogens with zero attached hydrogens (tertiary/aromatic N) is 2. The molecule has 4 rings (SSSR count). The molecule has 8 heteroatoms. The Morgan fingerprint density at radius 1 is 0.879 bits per heavy atom. The van der Waals surface area contributed by atoms with E-state index in [0.717, 1.165) is 11.3 Å². The zero-order valence-electron chi connectivity index (χ0n) is 18.6. The number of amides is 1. The fourth-order valence-electron chi connectivity index (χ4n) is 3.96. The first-order valence-electron chi connectivity index (χ1n) is 10.7. The van der Waals surface area contributed by atoms with Crippen molar-refractivity contribution in [2.45, 2.75) is 18.7 Å². The van der Waals surface area contributed by atoms with E-state index in [9.17, 15) is 13.2 Å². The molecule has 0 spiro atoms. The predicted octanol–water partition coefficient (Wildman–Crippen LogP) is 4.72. The number of halogens is 1. The molecule has 1 aliphatic rings. The molecule has 33 heavy (non-hydrogen) atoms. The first-order valence-corrected chi connectivity index (χ1v) is 12.6. The average molecular weight is 484 g/mol. The summed E-state index contributed by atoms with van der Waals surface area (Å²) < 4.78 is 28.0. The Morgan fingerprint density at radius 2 is 1.58 bits per heavy atom. The van der Waals surface area contributed by atoms with Gasteiger partial charge in [0, 0.05) is 48.1 Å². The maximum Gasteiger partial charge on any atom is 0.255 e. The summed E-state index contributed by atoms with van der Waals surface area (Å²) in [5, 5.41) is 3.52. The molecule has 1 fully saturated rings. The van der Waals surface area contributed by atoms with Gasteiger partial charge in [0.05, 0.1) is 4.90 Å². The Bertz CT molecular complexity index is 1270. The third kappa shape index (κ3) is 5.05. The van der Waals surface area contributed by atoms with Crippen molar-refractivity contribution < 1.29 is 13.2 Å². The summed E-state index contributed by atoms with van der Waals surface area (Å²) in [5.41, 5.74) is 3.97. The maximum absolute atomic E-state index is 13.3. The lowest BCUT2D eigenvalue weighted by Crippen LogP contribution is -2.48. The van der Waals surface area contributed by atoms with Crippen LogP contribution in [0.15, 0.2) is 71.6 Å². The van der Waals surface area contributed by atoms with Crippen molar-refractivity contribution >= 4 is 38.9 Å². The number of hydrogen-bond acceptors (Lipinski definition) is 4. The Morgan fingerprint density at radius 3 is 2.24 bits per heavy atom. The molecule has 0 radical (unpaired) electrons. The van der Waals surface area contributed by atoms with Crippen LogP contribution in [-0.2, 0) is 10.0 Å². The molecule has 3 aromatic carbocycles. The molecular weight excluding hydrogens is 458 g/mol. The van der Waals surface area contributed by atoms with Gasteiger partial charge in [-0.25, -0.2) is 8.42 Å². The number of aryl methyl sites for hydroxylation is 2. The minimum Gasteiger partial charge on any atom is -0.369 e. The van der Waals surface area contributed by atoms with Gasteiger partial charge in [0.1, 0.15) is 0 Å². The van der Waals surface area contributed by atoms with Crippen molar-refractivity contribution in [2.24, 2.45) is 0 Å². The first-order chi connectivity index (χ1) is 15.8. The number of rotatable bonds is 5. The number of sulfonamides is 1. The van der Waals surface area contributed by atoms with E-state index in [2.05, 4.69) is 10.2 Å². The summed E-state index contributed by atoms with van der Waals surface area (Å²) in [7, 11) is -3.64. The lowest BCUT2D eigenvalue weighted by Gasteiger charge is -2.36. The molecule has 1 saturated heterocycles. The Labute approximate surface area is 199 Å². The third-order valence-electron chi connectivity index (χ3n) is 5.87. The number of benzene rings is 3. The SMILES string of the molecule is Cc1cc(S(=O)(=O)N2CCN(c3cc(Cl)ccc3C)CC2)ccc1NC(=O)c1ccccc1. The maximum atomic E-state index is 13.3. The molecule has 6 nitrogen and oxygen atoms in total. The predicted molar refractivity (Wildman–Crippen MR) is 133 cm³/mol. The van der Waals surface area contributed by atoms with Crippen molar-refractivity contribution in [3.05, 3.63) is 88.4 Å². The number of carbonyl (C=O) groups excluding carboxylic acids is 1. The Hall–Kier alpha value is -2.87. The van der Waals surface area contributed by atoms with Gasteiger partial charge in [-0.3, -0.25) is 4.79 Å². The molecule has 0 atom stereocenters. The summed E-state index contributed by atoms with van der Waals surface area (Å²) in [6, 6.07) is 19.5. The van der Waals surface area contributed by atoms with Crippen molar-refractivity contribution in [1.29, 1.82) is 0 Å². The molecule has 1 N–H and O–H groups in total. The van der Waals surface area contributed by atoms with E-state index in [1.54, 1.807) is 49.4 Å². The quantitative estimate of drug-likeness (QED) is 0.570. The molecule has 3 aromatic rings. The second-order valence-corrected chi connectivity index (χ2v) is 10.5. The zero-order chi connectivity index (χ0) is 23.6. The number of piperazine rings is 1. The fraction of sp³-hybridized carbons (Fsp3) is 0.240. The molecule has 172 valence electrons. The van der Waals surface area contributed by atoms with E-state index in [-0.39, 0.29) is 10.8 Å². The standard InChI is InChI=1S/C25H26ClN3O3S/c1-18-8-9-21(26)17-24(18)28-12-14-29(15-13-28)33(31,32)22-10-11-23(19(2)16-22)27-25(30)20-6-4-3-5-7-20/h3-11,16-17H,12-15H2,1-2H3,(H,27,30). The van der Waals surface area contributed by atoms with Crippen LogP contribution in [0.4, 0.5) is 11.4 Å². The van der Waals surface area contributed by atoms with Crippen molar-refractivity contribution in [1.82, 2.24) is 4.31 Å². The fourth-order valence-corrected chi connectivity index (χ4v) is 5.64. The molecule has 0 unspecified atom stereocenters. The van der Waals surface area contributed by atoms with Gasteiger partial charge in [-0.15, -0.1) is 0 Å². The van der Waals surface area contributed by atoms with Crippen LogP contribution in [0.2, 0.25) is 5.02 Å². The van der Waals surface area contributed by atoms with Gasteiger partial charge in [0.15, 0.2) is 0 Å². The molecule has 1 aliphatic heterocycles. The first kappa shape index (κ1) is 23.3. The van der Waals surface area contributed by atoms with Crippen LogP contribution in [0.5, 0.6) is 0 Å². The molecule has 0 bridgehead atoms. The lowest BCUT2D eigenvalue weighted by atomic mass is 10.1. The van der Waals surface area contributed by atoms with Crippen LogP contribution >= 0.6 is 11.6 Å². The summed E-state index contributed by atoms with van der Waals surface area (Å²) in [5.74, 6) is -0.235. The van der Waals surface area contributed by atoms with Crippen molar-refractivity contribution in [3.63, 3.8) is 0 Å². The Kier molecular flexibility index (Phi) is 6.74. The van der Waals surface area contributed by atoms with Crippen LogP contribution in [-0.4, -0.2) is 44.8 Å². The van der Waals surface area contributed by atoms with Crippen LogP contribution in [0, 0.1) is 13.8 Å². The number of carbonyl (C=O) groups is 1. The van der Waals surface area contributed by atoms with Gasteiger partial charge in [-0.2, -0.15) is 4.31 Å². The minimum absolute atomic E-state index is 0.227. The zero-order valence-corrected chi connectivity index (χ0v) is 20.2. The van der Waals surface area contributed by atoms with Crippen LogP contribution in [0.3, 0.4) is 0 Å². The van der Waals surface area contributed by atoms with Crippen LogP contribution in [0.1, 0.15) is 21.5 Å². The summed E-state index contributed by atoms with van der Waals surface area (Å²) in [6.07, 6.45) is 0.